The van der Waals surface area contributed by atoms with Gasteiger partial charge in [-0.2, -0.15) is 0 Å². The minimum absolute atomic E-state index is 0.0367. The molecule has 2 rings (SSSR count). The summed E-state index contributed by atoms with van der Waals surface area (Å²) in [6.45, 7) is 2.77. The molecule has 3 N–H and O–H groups in total. The minimum atomic E-state index is -0.785. The van der Waals surface area contributed by atoms with Crippen molar-refractivity contribution >= 4 is 11.9 Å². The lowest BCUT2D eigenvalue weighted by Gasteiger charge is -2.37. The molecule has 1 heterocycles. The maximum Gasteiger partial charge on any atom is 0.308 e. The van der Waals surface area contributed by atoms with Crippen molar-refractivity contribution in [2.75, 3.05) is 6.54 Å². The predicted octanol–water partition coefficient (Wildman–Crippen LogP) is 1.28. The molecule has 1 amide bonds. The van der Waals surface area contributed by atoms with Crippen molar-refractivity contribution < 1.29 is 14.7 Å². The van der Waals surface area contributed by atoms with Gasteiger partial charge in [0.15, 0.2) is 0 Å². The molecule has 2 aliphatic rings. The highest BCUT2D eigenvalue weighted by atomic mass is 16.4. The molecule has 108 valence electrons. The summed E-state index contributed by atoms with van der Waals surface area (Å²) in [5, 5.41) is 15.5. The zero-order valence-electron chi connectivity index (χ0n) is 11.6. The summed E-state index contributed by atoms with van der Waals surface area (Å²) in [7, 11) is 0. The van der Waals surface area contributed by atoms with E-state index < -0.39 is 17.4 Å². The van der Waals surface area contributed by atoms with Crippen LogP contribution in [0.1, 0.15) is 51.9 Å². The number of hydrogen-bond acceptors (Lipinski definition) is 3. The SMILES string of the molecule is CC1(C(=O)NC2CCCCC2C(=O)O)CCCCN1. The number of carbonyl (C=O) groups excluding carboxylic acids is 1. The molecule has 0 aromatic rings. The van der Waals surface area contributed by atoms with Gasteiger partial charge in [0.1, 0.15) is 0 Å². The number of nitrogens with one attached hydrogen (secondary N) is 2. The van der Waals surface area contributed by atoms with Gasteiger partial charge in [-0.3, -0.25) is 9.59 Å². The van der Waals surface area contributed by atoms with Crippen molar-refractivity contribution in [1.82, 2.24) is 10.6 Å². The van der Waals surface area contributed by atoms with Crippen molar-refractivity contribution in [3.05, 3.63) is 0 Å². The highest BCUT2D eigenvalue weighted by molar-refractivity contribution is 5.86. The minimum Gasteiger partial charge on any atom is -0.481 e. The van der Waals surface area contributed by atoms with E-state index in [4.69, 9.17) is 0 Å². The topological polar surface area (TPSA) is 78.4 Å². The van der Waals surface area contributed by atoms with Gasteiger partial charge in [0.05, 0.1) is 11.5 Å². The van der Waals surface area contributed by atoms with Crippen molar-refractivity contribution in [2.45, 2.75) is 63.5 Å². The van der Waals surface area contributed by atoms with E-state index in [1.807, 2.05) is 6.92 Å². The summed E-state index contributed by atoms with van der Waals surface area (Å²) in [6, 6.07) is -0.209. The van der Waals surface area contributed by atoms with Gasteiger partial charge in [-0.05, 0) is 45.6 Å². The summed E-state index contributed by atoms with van der Waals surface area (Å²) in [5.74, 6) is -1.25. The number of aliphatic carboxylic acids is 1. The van der Waals surface area contributed by atoms with Crippen LogP contribution in [0.4, 0.5) is 0 Å². The lowest BCUT2D eigenvalue weighted by Crippen LogP contribution is -2.60. The molecule has 1 aliphatic carbocycles. The number of rotatable bonds is 3. The summed E-state index contributed by atoms with van der Waals surface area (Å²) in [4.78, 5) is 23.6. The Balaban J connectivity index is 1.98. The van der Waals surface area contributed by atoms with Gasteiger partial charge in [-0.1, -0.05) is 12.8 Å². The normalized spacial score (nSPS) is 35.6. The second-order valence-corrected chi connectivity index (χ2v) is 6.03. The van der Waals surface area contributed by atoms with E-state index in [2.05, 4.69) is 10.6 Å². The highest BCUT2D eigenvalue weighted by Gasteiger charge is 2.38. The molecule has 0 radical (unpaired) electrons. The van der Waals surface area contributed by atoms with Gasteiger partial charge in [-0.15, -0.1) is 0 Å². The molecule has 1 saturated heterocycles. The first-order chi connectivity index (χ1) is 9.03. The molecular formula is C14H24N2O3. The maximum atomic E-state index is 12.4. The van der Waals surface area contributed by atoms with Crippen LogP contribution in [0.5, 0.6) is 0 Å². The Morgan fingerprint density at radius 3 is 2.58 bits per heavy atom. The van der Waals surface area contributed by atoms with E-state index in [1.165, 1.54) is 0 Å². The molecule has 1 saturated carbocycles. The van der Waals surface area contributed by atoms with E-state index in [9.17, 15) is 14.7 Å². The van der Waals surface area contributed by atoms with Crippen LogP contribution in [0.2, 0.25) is 0 Å². The number of carboxylic acid groups (broad SMARTS) is 1. The highest BCUT2D eigenvalue weighted by Crippen LogP contribution is 2.26. The molecule has 2 fully saturated rings. The van der Waals surface area contributed by atoms with E-state index in [-0.39, 0.29) is 11.9 Å². The van der Waals surface area contributed by atoms with Crippen LogP contribution in [0.3, 0.4) is 0 Å². The second kappa shape index (κ2) is 5.90. The third-order valence-electron chi connectivity index (χ3n) is 4.52. The fraction of sp³-hybridized carbons (Fsp3) is 0.857. The fourth-order valence-electron chi connectivity index (χ4n) is 3.18. The third-order valence-corrected chi connectivity index (χ3v) is 4.52. The number of piperidine rings is 1. The zero-order valence-corrected chi connectivity index (χ0v) is 11.6. The van der Waals surface area contributed by atoms with Crippen molar-refractivity contribution in [2.24, 2.45) is 5.92 Å². The first kappa shape index (κ1) is 14.3. The van der Waals surface area contributed by atoms with Gasteiger partial charge in [-0.25, -0.2) is 0 Å². The van der Waals surface area contributed by atoms with E-state index in [1.54, 1.807) is 0 Å². The smallest absolute Gasteiger partial charge is 0.308 e. The van der Waals surface area contributed by atoms with Crippen LogP contribution in [-0.4, -0.2) is 35.1 Å². The van der Waals surface area contributed by atoms with Crippen LogP contribution in [0.15, 0.2) is 0 Å². The van der Waals surface area contributed by atoms with Crippen LogP contribution in [0.25, 0.3) is 0 Å². The quantitative estimate of drug-likeness (QED) is 0.720. The Morgan fingerprint density at radius 2 is 1.95 bits per heavy atom. The molecule has 3 atom stereocenters. The maximum absolute atomic E-state index is 12.4. The number of amides is 1. The lowest BCUT2D eigenvalue weighted by atomic mass is 9.83. The van der Waals surface area contributed by atoms with E-state index in [0.29, 0.717) is 6.42 Å². The largest absolute Gasteiger partial charge is 0.481 e. The molecule has 0 aromatic heterocycles. The van der Waals surface area contributed by atoms with Gasteiger partial charge in [0.2, 0.25) is 5.91 Å². The Bertz CT molecular complexity index is 351. The molecule has 0 spiro atoms. The molecule has 0 bridgehead atoms. The number of carboxylic acids is 1. The van der Waals surface area contributed by atoms with E-state index in [0.717, 1.165) is 45.1 Å². The lowest BCUT2D eigenvalue weighted by molar-refractivity contribution is -0.144. The van der Waals surface area contributed by atoms with Gasteiger partial charge in [0, 0.05) is 6.04 Å². The van der Waals surface area contributed by atoms with Gasteiger partial charge in [0.25, 0.3) is 0 Å². The van der Waals surface area contributed by atoms with Crippen LogP contribution in [0, 0.1) is 5.92 Å². The first-order valence-corrected chi connectivity index (χ1v) is 7.32. The van der Waals surface area contributed by atoms with Crippen LogP contribution >= 0.6 is 0 Å². The Morgan fingerprint density at radius 1 is 1.21 bits per heavy atom. The summed E-state index contributed by atoms with van der Waals surface area (Å²) < 4.78 is 0. The molecule has 5 nitrogen and oxygen atoms in total. The Hall–Kier alpha value is -1.10. The molecule has 19 heavy (non-hydrogen) atoms. The third kappa shape index (κ3) is 3.26. The number of carbonyl (C=O) groups is 2. The first-order valence-electron chi connectivity index (χ1n) is 7.32. The second-order valence-electron chi connectivity index (χ2n) is 6.03. The predicted molar refractivity (Wildman–Crippen MR) is 71.8 cm³/mol. The zero-order chi connectivity index (χ0) is 13.9. The molecule has 5 heteroatoms. The average Bonchev–Trinajstić information content (AvgIpc) is 2.40. The number of hydrogen-bond donors (Lipinski definition) is 3. The molecule has 0 aromatic carbocycles. The summed E-state index contributed by atoms with van der Waals surface area (Å²) in [5.41, 5.74) is -0.529. The Labute approximate surface area is 114 Å². The van der Waals surface area contributed by atoms with Crippen molar-refractivity contribution in [3.8, 4) is 0 Å². The molecule has 3 unspecified atom stereocenters. The molecular weight excluding hydrogens is 244 g/mol. The monoisotopic (exact) mass is 268 g/mol. The van der Waals surface area contributed by atoms with Gasteiger partial charge >= 0.3 is 5.97 Å². The standard InChI is InChI=1S/C14H24N2O3/c1-14(8-4-5-9-15-14)13(19)16-11-7-3-2-6-10(11)12(17)18/h10-11,15H,2-9H2,1H3,(H,16,19)(H,17,18). The molecule has 1 aliphatic heterocycles. The Kier molecular flexibility index (Phi) is 4.45. The van der Waals surface area contributed by atoms with E-state index >= 15 is 0 Å². The van der Waals surface area contributed by atoms with Crippen LogP contribution < -0.4 is 10.6 Å². The fourth-order valence-corrected chi connectivity index (χ4v) is 3.18. The van der Waals surface area contributed by atoms with Crippen molar-refractivity contribution in [3.63, 3.8) is 0 Å². The van der Waals surface area contributed by atoms with Crippen molar-refractivity contribution in [1.29, 1.82) is 0 Å². The van der Waals surface area contributed by atoms with Crippen LogP contribution in [-0.2, 0) is 9.59 Å². The summed E-state index contributed by atoms with van der Waals surface area (Å²) >= 11 is 0. The van der Waals surface area contributed by atoms with Gasteiger partial charge < -0.3 is 15.7 Å². The average molecular weight is 268 g/mol. The summed E-state index contributed by atoms with van der Waals surface area (Å²) in [6.07, 6.45) is 6.36.